The fraction of sp³-hybridized carbons (Fsp3) is 0.286. The molecule has 0 fully saturated rings. The average Bonchev–Trinajstić information content (AvgIpc) is 2.89. The van der Waals surface area contributed by atoms with Crippen molar-refractivity contribution in [2.45, 2.75) is 25.9 Å². The first-order valence-corrected chi connectivity index (χ1v) is 7.12. The van der Waals surface area contributed by atoms with Crippen molar-refractivity contribution in [1.29, 1.82) is 0 Å². The van der Waals surface area contributed by atoms with Gasteiger partial charge in [-0.2, -0.15) is 0 Å². The van der Waals surface area contributed by atoms with Gasteiger partial charge in [-0.15, -0.1) is 11.3 Å². The summed E-state index contributed by atoms with van der Waals surface area (Å²) in [5.74, 6) is -0.557. The molecule has 1 amide bonds. The molecule has 1 heterocycles. The van der Waals surface area contributed by atoms with E-state index in [9.17, 15) is 9.18 Å². The maximum absolute atomic E-state index is 12.8. The molecule has 1 unspecified atom stereocenters. The molecule has 6 heteroatoms. The number of nitrogens with one attached hydrogen (secondary N) is 1. The van der Waals surface area contributed by atoms with Gasteiger partial charge in [0.05, 0.1) is 12.1 Å². The number of amides is 1. The van der Waals surface area contributed by atoms with Gasteiger partial charge in [0.25, 0.3) is 5.91 Å². The SMILES string of the molecule is CC(N)c1nc(C(=O)N[C@@H](C)c2ccc(F)cc2)cs1. The Morgan fingerprint density at radius 1 is 1.35 bits per heavy atom. The summed E-state index contributed by atoms with van der Waals surface area (Å²) in [7, 11) is 0. The monoisotopic (exact) mass is 293 g/mol. The fourth-order valence-corrected chi connectivity index (χ4v) is 2.46. The number of carbonyl (C=O) groups excluding carboxylic acids is 1. The first-order chi connectivity index (χ1) is 9.47. The minimum atomic E-state index is -0.298. The van der Waals surface area contributed by atoms with Crippen molar-refractivity contribution >= 4 is 17.2 Å². The second kappa shape index (κ2) is 6.11. The Labute approximate surface area is 120 Å². The molecule has 2 rings (SSSR count). The molecular formula is C14H16FN3OS. The maximum atomic E-state index is 12.8. The normalized spacial score (nSPS) is 13.8. The summed E-state index contributed by atoms with van der Waals surface area (Å²) in [5.41, 5.74) is 6.91. The van der Waals surface area contributed by atoms with Gasteiger partial charge >= 0.3 is 0 Å². The van der Waals surface area contributed by atoms with Gasteiger partial charge in [0.15, 0.2) is 0 Å². The molecule has 2 atom stereocenters. The third kappa shape index (κ3) is 3.40. The first kappa shape index (κ1) is 14.6. The third-order valence-corrected chi connectivity index (χ3v) is 3.91. The number of benzene rings is 1. The van der Waals surface area contributed by atoms with Crippen LogP contribution in [0, 0.1) is 5.82 Å². The fourth-order valence-electron chi connectivity index (χ4n) is 1.71. The largest absolute Gasteiger partial charge is 0.344 e. The highest BCUT2D eigenvalue weighted by atomic mass is 32.1. The molecule has 3 N–H and O–H groups in total. The molecule has 0 aliphatic carbocycles. The van der Waals surface area contributed by atoms with Gasteiger partial charge in [0.2, 0.25) is 0 Å². The minimum Gasteiger partial charge on any atom is -0.344 e. The van der Waals surface area contributed by atoms with Crippen molar-refractivity contribution in [2.24, 2.45) is 5.73 Å². The van der Waals surface area contributed by atoms with Crippen molar-refractivity contribution < 1.29 is 9.18 Å². The summed E-state index contributed by atoms with van der Waals surface area (Å²) in [4.78, 5) is 16.2. The molecule has 0 aliphatic heterocycles. The molecule has 0 aliphatic rings. The number of halogens is 1. The lowest BCUT2D eigenvalue weighted by Gasteiger charge is -2.13. The maximum Gasteiger partial charge on any atom is 0.271 e. The van der Waals surface area contributed by atoms with Crippen LogP contribution in [-0.2, 0) is 0 Å². The number of hydrogen-bond donors (Lipinski definition) is 2. The van der Waals surface area contributed by atoms with E-state index in [0.717, 1.165) is 10.6 Å². The lowest BCUT2D eigenvalue weighted by atomic mass is 10.1. The standard InChI is InChI=1S/C14H16FN3OS/c1-8(16)14-18-12(7-20-14)13(19)17-9(2)10-3-5-11(15)6-4-10/h3-9H,16H2,1-2H3,(H,17,19)/t8?,9-/m0/s1. The van der Waals surface area contributed by atoms with Crippen LogP contribution in [0.25, 0.3) is 0 Å². The molecular weight excluding hydrogens is 277 g/mol. The highest BCUT2D eigenvalue weighted by molar-refractivity contribution is 7.09. The summed E-state index contributed by atoms with van der Waals surface area (Å²) in [6, 6.07) is 5.63. The zero-order chi connectivity index (χ0) is 14.7. The summed E-state index contributed by atoms with van der Waals surface area (Å²) >= 11 is 1.36. The van der Waals surface area contributed by atoms with E-state index < -0.39 is 0 Å². The van der Waals surface area contributed by atoms with E-state index in [1.165, 1.54) is 23.5 Å². The molecule has 0 saturated carbocycles. The predicted molar refractivity (Wildman–Crippen MR) is 77.0 cm³/mol. The summed E-state index contributed by atoms with van der Waals surface area (Å²) in [6.45, 7) is 3.66. The predicted octanol–water partition coefficient (Wildman–Crippen LogP) is 2.79. The molecule has 106 valence electrons. The minimum absolute atomic E-state index is 0.184. The van der Waals surface area contributed by atoms with Gasteiger partial charge in [-0.3, -0.25) is 4.79 Å². The van der Waals surface area contributed by atoms with E-state index in [-0.39, 0.29) is 23.8 Å². The molecule has 1 aromatic heterocycles. The van der Waals surface area contributed by atoms with Gasteiger partial charge in [-0.25, -0.2) is 9.37 Å². The Hall–Kier alpha value is -1.79. The Morgan fingerprint density at radius 2 is 2.00 bits per heavy atom. The lowest BCUT2D eigenvalue weighted by molar-refractivity contribution is 0.0935. The van der Waals surface area contributed by atoms with E-state index in [4.69, 9.17) is 5.73 Å². The van der Waals surface area contributed by atoms with Gasteiger partial charge in [-0.05, 0) is 31.5 Å². The van der Waals surface area contributed by atoms with Crippen molar-refractivity contribution in [3.05, 3.63) is 51.7 Å². The van der Waals surface area contributed by atoms with Gasteiger partial charge in [0.1, 0.15) is 16.5 Å². The Kier molecular flexibility index (Phi) is 4.46. The molecule has 0 spiro atoms. The van der Waals surface area contributed by atoms with Crippen LogP contribution < -0.4 is 11.1 Å². The first-order valence-electron chi connectivity index (χ1n) is 6.24. The van der Waals surface area contributed by atoms with Crippen LogP contribution >= 0.6 is 11.3 Å². The quantitative estimate of drug-likeness (QED) is 0.910. The van der Waals surface area contributed by atoms with E-state index in [1.54, 1.807) is 17.5 Å². The van der Waals surface area contributed by atoms with Crippen molar-refractivity contribution in [1.82, 2.24) is 10.3 Å². The number of aromatic nitrogens is 1. The smallest absolute Gasteiger partial charge is 0.271 e. The molecule has 0 radical (unpaired) electrons. The van der Waals surface area contributed by atoms with Crippen LogP contribution in [0.4, 0.5) is 4.39 Å². The van der Waals surface area contributed by atoms with E-state index in [2.05, 4.69) is 10.3 Å². The average molecular weight is 293 g/mol. The zero-order valence-electron chi connectivity index (χ0n) is 11.3. The second-order valence-electron chi connectivity index (χ2n) is 4.61. The Morgan fingerprint density at radius 3 is 2.55 bits per heavy atom. The van der Waals surface area contributed by atoms with Crippen LogP contribution in [0.5, 0.6) is 0 Å². The lowest BCUT2D eigenvalue weighted by Crippen LogP contribution is -2.27. The molecule has 20 heavy (non-hydrogen) atoms. The molecule has 0 saturated heterocycles. The number of nitrogens with two attached hydrogens (primary N) is 1. The second-order valence-corrected chi connectivity index (χ2v) is 5.50. The van der Waals surface area contributed by atoms with E-state index >= 15 is 0 Å². The van der Waals surface area contributed by atoms with Gasteiger partial charge in [0, 0.05) is 5.38 Å². The van der Waals surface area contributed by atoms with E-state index in [0.29, 0.717) is 5.69 Å². The number of thiazole rings is 1. The number of carbonyl (C=O) groups is 1. The topological polar surface area (TPSA) is 68.0 Å². The van der Waals surface area contributed by atoms with Crippen LogP contribution in [0.3, 0.4) is 0 Å². The summed E-state index contributed by atoms with van der Waals surface area (Å²) < 4.78 is 12.8. The summed E-state index contributed by atoms with van der Waals surface area (Å²) in [5, 5.41) is 5.24. The molecule has 0 bridgehead atoms. The molecule has 2 aromatic rings. The van der Waals surface area contributed by atoms with E-state index in [1.807, 2.05) is 13.8 Å². The summed E-state index contributed by atoms with van der Waals surface area (Å²) in [6.07, 6.45) is 0. The van der Waals surface area contributed by atoms with Crippen molar-refractivity contribution in [3.63, 3.8) is 0 Å². The Balaban J connectivity index is 2.04. The van der Waals surface area contributed by atoms with Crippen LogP contribution in [0.15, 0.2) is 29.6 Å². The van der Waals surface area contributed by atoms with Crippen LogP contribution in [0.1, 0.15) is 47.0 Å². The zero-order valence-corrected chi connectivity index (χ0v) is 12.1. The van der Waals surface area contributed by atoms with Gasteiger partial charge < -0.3 is 11.1 Å². The third-order valence-electron chi connectivity index (χ3n) is 2.86. The van der Waals surface area contributed by atoms with Crippen molar-refractivity contribution in [3.8, 4) is 0 Å². The number of hydrogen-bond acceptors (Lipinski definition) is 4. The van der Waals surface area contributed by atoms with Crippen LogP contribution in [0.2, 0.25) is 0 Å². The molecule has 4 nitrogen and oxygen atoms in total. The molecule has 1 aromatic carbocycles. The highest BCUT2D eigenvalue weighted by Crippen LogP contribution is 2.17. The number of nitrogens with zero attached hydrogens (tertiary/aromatic N) is 1. The number of rotatable bonds is 4. The van der Waals surface area contributed by atoms with Gasteiger partial charge in [-0.1, -0.05) is 12.1 Å². The highest BCUT2D eigenvalue weighted by Gasteiger charge is 2.15. The van der Waals surface area contributed by atoms with Crippen molar-refractivity contribution in [2.75, 3.05) is 0 Å². The van der Waals surface area contributed by atoms with Crippen LogP contribution in [-0.4, -0.2) is 10.9 Å². The Bertz CT molecular complexity index is 595.